The van der Waals surface area contributed by atoms with Crippen molar-refractivity contribution in [3.8, 4) is 11.1 Å². The number of halogens is 1. The van der Waals surface area contributed by atoms with E-state index in [2.05, 4.69) is 15.5 Å². The van der Waals surface area contributed by atoms with Crippen molar-refractivity contribution >= 4 is 23.8 Å². The van der Waals surface area contributed by atoms with E-state index >= 15 is 0 Å². The maximum Gasteiger partial charge on any atom is 0.414 e. The lowest BCUT2D eigenvalue weighted by Crippen LogP contribution is -2.35. The molecule has 0 bridgehead atoms. The number of nitrogens with zero attached hydrogens (tertiary/aromatic N) is 2. The minimum absolute atomic E-state index is 0.0575. The van der Waals surface area contributed by atoms with E-state index in [4.69, 9.17) is 9.84 Å². The Morgan fingerprint density at radius 1 is 1.18 bits per heavy atom. The van der Waals surface area contributed by atoms with Gasteiger partial charge in [0.05, 0.1) is 18.8 Å². The molecule has 2 aliphatic rings. The molecule has 2 aromatic rings. The van der Waals surface area contributed by atoms with Crippen molar-refractivity contribution in [2.24, 2.45) is 0 Å². The molecular formula is C24H27FN4O5. The Bertz CT molecular complexity index is 1080. The minimum atomic E-state index is -1.00. The number of cyclic esters (lactones) is 1. The van der Waals surface area contributed by atoms with Crippen LogP contribution in [0.1, 0.15) is 18.9 Å². The van der Waals surface area contributed by atoms with Crippen molar-refractivity contribution in [2.45, 2.75) is 32.0 Å². The molecule has 4 rings (SSSR count). The molecular weight excluding hydrogens is 443 g/mol. The Morgan fingerprint density at radius 3 is 2.62 bits per heavy atom. The lowest BCUT2D eigenvalue weighted by atomic mass is 10.0. The van der Waals surface area contributed by atoms with Crippen LogP contribution in [0, 0.1) is 5.82 Å². The second-order valence-corrected chi connectivity index (χ2v) is 8.58. The minimum Gasteiger partial charge on any atom is -0.465 e. The number of benzene rings is 2. The number of ether oxygens (including phenoxy) is 1. The molecule has 180 valence electrons. The summed E-state index contributed by atoms with van der Waals surface area (Å²) in [6.45, 7) is 3.99. The number of amides is 3. The summed E-state index contributed by atoms with van der Waals surface area (Å²) in [5.41, 5.74) is 2.59. The summed E-state index contributed by atoms with van der Waals surface area (Å²) in [5.74, 6) is -0.666. The summed E-state index contributed by atoms with van der Waals surface area (Å²) in [4.78, 5) is 37.6. The van der Waals surface area contributed by atoms with Crippen LogP contribution in [0.4, 0.5) is 19.7 Å². The molecule has 0 unspecified atom stereocenters. The highest BCUT2D eigenvalue weighted by Crippen LogP contribution is 2.29. The predicted molar refractivity (Wildman–Crippen MR) is 123 cm³/mol. The number of nitrogens with one attached hydrogen (secondary N) is 2. The molecule has 2 atom stereocenters. The highest BCUT2D eigenvalue weighted by molar-refractivity contribution is 5.90. The van der Waals surface area contributed by atoms with Crippen molar-refractivity contribution in [1.82, 2.24) is 15.5 Å². The fourth-order valence-corrected chi connectivity index (χ4v) is 4.32. The molecule has 0 aliphatic carbocycles. The Hall–Kier alpha value is -3.66. The van der Waals surface area contributed by atoms with E-state index < -0.39 is 24.1 Å². The van der Waals surface area contributed by atoms with Crippen LogP contribution >= 0.6 is 0 Å². The average molecular weight is 471 g/mol. The number of hydrogen-bond acceptors (Lipinski definition) is 5. The first-order valence-corrected chi connectivity index (χ1v) is 11.1. The molecule has 2 heterocycles. The van der Waals surface area contributed by atoms with Crippen LogP contribution in [-0.4, -0.2) is 66.4 Å². The quantitative estimate of drug-likeness (QED) is 0.574. The maximum absolute atomic E-state index is 14.9. The molecule has 3 amide bonds. The zero-order chi connectivity index (χ0) is 24.2. The summed E-state index contributed by atoms with van der Waals surface area (Å²) in [6.07, 6.45) is -1.29. The normalized spacial score (nSPS) is 20.3. The van der Waals surface area contributed by atoms with E-state index in [1.54, 1.807) is 12.1 Å². The van der Waals surface area contributed by atoms with Gasteiger partial charge in [-0.05, 0) is 35.7 Å². The zero-order valence-corrected chi connectivity index (χ0v) is 18.8. The number of carbonyl (C=O) groups is 3. The van der Waals surface area contributed by atoms with Gasteiger partial charge in [0.15, 0.2) is 0 Å². The van der Waals surface area contributed by atoms with Gasteiger partial charge in [0.25, 0.3) is 0 Å². The summed E-state index contributed by atoms with van der Waals surface area (Å²) >= 11 is 0. The number of carbonyl (C=O) groups excluding carboxylic acids is 2. The molecule has 0 saturated carbocycles. The van der Waals surface area contributed by atoms with Crippen LogP contribution < -0.4 is 15.5 Å². The highest BCUT2D eigenvalue weighted by atomic mass is 19.1. The molecule has 9 nitrogen and oxygen atoms in total. The summed E-state index contributed by atoms with van der Waals surface area (Å²) in [5, 5.41) is 14.0. The van der Waals surface area contributed by atoms with Gasteiger partial charge in [-0.1, -0.05) is 24.3 Å². The van der Waals surface area contributed by atoms with Crippen LogP contribution in [0.5, 0.6) is 0 Å². The number of hydrogen-bond donors (Lipinski definition) is 3. The van der Waals surface area contributed by atoms with E-state index in [1.807, 2.05) is 24.3 Å². The molecule has 0 spiro atoms. The van der Waals surface area contributed by atoms with Crippen LogP contribution in [-0.2, 0) is 16.1 Å². The van der Waals surface area contributed by atoms with E-state index in [0.717, 1.165) is 18.5 Å². The van der Waals surface area contributed by atoms with Gasteiger partial charge in [0.2, 0.25) is 5.91 Å². The number of carboxylic acid groups (broad SMARTS) is 1. The van der Waals surface area contributed by atoms with E-state index in [-0.39, 0.29) is 25.0 Å². The molecule has 3 N–H and O–H groups in total. The first-order chi connectivity index (χ1) is 16.3. The Labute approximate surface area is 196 Å². The molecule has 2 saturated heterocycles. The molecule has 0 aromatic heterocycles. The fraction of sp³-hybridized carbons (Fsp3) is 0.375. The molecule has 2 fully saturated rings. The van der Waals surface area contributed by atoms with Crippen LogP contribution in [0.2, 0.25) is 0 Å². The van der Waals surface area contributed by atoms with Crippen molar-refractivity contribution < 1.29 is 28.6 Å². The second kappa shape index (κ2) is 10.1. The van der Waals surface area contributed by atoms with Crippen molar-refractivity contribution in [1.29, 1.82) is 0 Å². The topological polar surface area (TPSA) is 111 Å². The van der Waals surface area contributed by atoms with Crippen molar-refractivity contribution in [2.75, 3.05) is 31.1 Å². The lowest BCUT2D eigenvalue weighted by Gasteiger charge is -2.17. The fourth-order valence-electron chi connectivity index (χ4n) is 4.32. The SMILES string of the molecule is CC(=O)NC[C@H]1CN(c2ccc(-c3ccc(CN4CC[C@H](NC(=O)O)C4)cc3)c(F)c2)C(=O)O1. The van der Waals surface area contributed by atoms with Gasteiger partial charge >= 0.3 is 12.2 Å². The average Bonchev–Trinajstić information content (AvgIpc) is 3.38. The number of rotatable bonds is 7. The smallest absolute Gasteiger partial charge is 0.414 e. The molecule has 2 aliphatic heterocycles. The van der Waals surface area contributed by atoms with E-state index in [1.165, 1.54) is 17.9 Å². The second-order valence-electron chi connectivity index (χ2n) is 8.58. The third-order valence-electron chi connectivity index (χ3n) is 5.99. The summed E-state index contributed by atoms with van der Waals surface area (Å²) in [6, 6.07) is 12.1. The summed E-state index contributed by atoms with van der Waals surface area (Å²) in [7, 11) is 0. The van der Waals surface area contributed by atoms with Crippen LogP contribution in [0.15, 0.2) is 42.5 Å². The maximum atomic E-state index is 14.9. The largest absolute Gasteiger partial charge is 0.465 e. The van der Waals surface area contributed by atoms with E-state index in [0.29, 0.717) is 29.9 Å². The lowest BCUT2D eigenvalue weighted by molar-refractivity contribution is -0.119. The Kier molecular flexibility index (Phi) is 6.97. The number of anilines is 1. The third-order valence-corrected chi connectivity index (χ3v) is 5.99. The third kappa shape index (κ3) is 5.63. The van der Waals surface area contributed by atoms with Gasteiger partial charge in [-0.15, -0.1) is 0 Å². The van der Waals surface area contributed by atoms with Crippen molar-refractivity contribution in [3.05, 3.63) is 53.8 Å². The molecule has 0 radical (unpaired) electrons. The predicted octanol–water partition coefficient (Wildman–Crippen LogP) is 2.80. The first-order valence-electron chi connectivity index (χ1n) is 11.1. The standard InChI is InChI=1S/C24H27FN4O5/c1-15(30)26-11-20-14-29(24(33)34-20)19-6-7-21(22(25)10-19)17-4-2-16(3-5-17)12-28-9-8-18(13-28)27-23(31)32/h2-7,10,18,20,27H,8-9,11-14H2,1H3,(H,26,30)(H,31,32)/t18-,20-/m0/s1. The highest BCUT2D eigenvalue weighted by Gasteiger charge is 2.32. The van der Waals surface area contributed by atoms with E-state index in [9.17, 15) is 18.8 Å². The molecule has 34 heavy (non-hydrogen) atoms. The Balaban J connectivity index is 1.38. The zero-order valence-electron chi connectivity index (χ0n) is 18.8. The monoisotopic (exact) mass is 470 g/mol. The molecule has 10 heteroatoms. The van der Waals surface area contributed by atoms with Gasteiger partial charge < -0.3 is 20.5 Å². The Morgan fingerprint density at radius 2 is 1.94 bits per heavy atom. The first kappa shape index (κ1) is 23.5. The van der Waals surface area contributed by atoms with Gasteiger partial charge in [-0.3, -0.25) is 14.6 Å². The number of likely N-dealkylation sites (tertiary alicyclic amines) is 1. The van der Waals surface area contributed by atoms with Gasteiger partial charge in [0, 0.05) is 38.2 Å². The summed E-state index contributed by atoms with van der Waals surface area (Å²) < 4.78 is 20.2. The van der Waals surface area contributed by atoms with Gasteiger partial charge in [0.1, 0.15) is 11.9 Å². The van der Waals surface area contributed by atoms with Gasteiger partial charge in [-0.2, -0.15) is 0 Å². The van der Waals surface area contributed by atoms with Crippen LogP contribution in [0.3, 0.4) is 0 Å². The molecule has 2 aromatic carbocycles. The van der Waals surface area contributed by atoms with Crippen LogP contribution in [0.25, 0.3) is 11.1 Å². The van der Waals surface area contributed by atoms with Gasteiger partial charge in [-0.25, -0.2) is 14.0 Å². The van der Waals surface area contributed by atoms with Crippen molar-refractivity contribution in [3.63, 3.8) is 0 Å².